The second-order valence-corrected chi connectivity index (χ2v) is 5.13. The Hall–Kier alpha value is -1.14. The van der Waals surface area contributed by atoms with Gasteiger partial charge in [-0.1, -0.05) is 13.8 Å². The number of amides is 2. The van der Waals surface area contributed by atoms with E-state index in [0.29, 0.717) is 25.4 Å². The van der Waals surface area contributed by atoms with Gasteiger partial charge in [-0.15, -0.1) is 0 Å². The molecule has 0 aromatic carbocycles. The summed E-state index contributed by atoms with van der Waals surface area (Å²) in [4.78, 5) is 24.8. The summed E-state index contributed by atoms with van der Waals surface area (Å²) >= 11 is 0. The third-order valence-corrected chi connectivity index (χ3v) is 2.97. The van der Waals surface area contributed by atoms with E-state index in [1.54, 1.807) is 7.11 Å². The number of nitrogens with two attached hydrogens (primary N) is 1. The first-order valence-electron chi connectivity index (χ1n) is 6.27. The van der Waals surface area contributed by atoms with E-state index in [0.717, 1.165) is 0 Å². The number of hydrogen-bond donors (Lipinski definition) is 2. The Morgan fingerprint density at radius 2 is 2.17 bits per heavy atom. The first kappa shape index (κ1) is 14.9. The van der Waals surface area contributed by atoms with Crippen molar-refractivity contribution < 1.29 is 14.3 Å². The summed E-state index contributed by atoms with van der Waals surface area (Å²) in [7, 11) is 1.63. The number of methoxy groups -OCH3 is 1. The van der Waals surface area contributed by atoms with Crippen LogP contribution in [-0.4, -0.2) is 55.6 Å². The van der Waals surface area contributed by atoms with Crippen LogP contribution in [0, 0.1) is 5.92 Å². The molecule has 1 rings (SSSR count). The van der Waals surface area contributed by atoms with Crippen LogP contribution in [0.3, 0.4) is 0 Å². The summed E-state index contributed by atoms with van der Waals surface area (Å²) in [5, 5.41) is 3.12. The van der Waals surface area contributed by atoms with Crippen molar-refractivity contribution in [2.24, 2.45) is 11.7 Å². The Balaban J connectivity index is 2.61. The van der Waals surface area contributed by atoms with Crippen molar-refractivity contribution in [3.8, 4) is 0 Å². The predicted molar refractivity (Wildman–Crippen MR) is 67.8 cm³/mol. The van der Waals surface area contributed by atoms with E-state index in [-0.39, 0.29) is 24.6 Å². The fraction of sp³-hybridized carbons (Fsp3) is 0.833. The van der Waals surface area contributed by atoms with Gasteiger partial charge in [-0.05, 0) is 12.3 Å². The molecule has 1 saturated heterocycles. The number of nitrogens with one attached hydrogen (secondary N) is 1. The van der Waals surface area contributed by atoms with Crippen LogP contribution in [0.15, 0.2) is 0 Å². The molecule has 1 heterocycles. The van der Waals surface area contributed by atoms with Crippen molar-refractivity contribution >= 4 is 11.8 Å². The van der Waals surface area contributed by atoms with E-state index in [2.05, 4.69) is 5.32 Å². The predicted octanol–water partition coefficient (Wildman–Crippen LogP) is -0.667. The third-order valence-electron chi connectivity index (χ3n) is 2.97. The van der Waals surface area contributed by atoms with E-state index in [9.17, 15) is 9.59 Å². The van der Waals surface area contributed by atoms with Gasteiger partial charge in [0.15, 0.2) is 0 Å². The van der Waals surface area contributed by atoms with Gasteiger partial charge >= 0.3 is 0 Å². The molecular formula is C12H23N3O3. The molecule has 1 aliphatic heterocycles. The average Bonchev–Trinajstić information content (AvgIpc) is 2.74. The van der Waals surface area contributed by atoms with Gasteiger partial charge in [-0.3, -0.25) is 9.59 Å². The third kappa shape index (κ3) is 4.27. The number of carbonyl (C=O) groups is 2. The number of ether oxygens (including phenoxy) is 1. The van der Waals surface area contributed by atoms with Crippen LogP contribution in [0.2, 0.25) is 0 Å². The molecule has 3 N–H and O–H groups in total. The van der Waals surface area contributed by atoms with Crippen LogP contribution in [0.25, 0.3) is 0 Å². The summed E-state index contributed by atoms with van der Waals surface area (Å²) in [6, 6.07) is -0.270. The van der Waals surface area contributed by atoms with E-state index in [1.165, 1.54) is 4.90 Å². The zero-order valence-corrected chi connectivity index (χ0v) is 11.3. The summed E-state index contributed by atoms with van der Waals surface area (Å²) in [5.74, 6) is -0.250. The van der Waals surface area contributed by atoms with Crippen LogP contribution < -0.4 is 11.1 Å². The zero-order valence-electron chi connectivity index (χ0n) is 11.3. The molecule has 18 heavy (non-hydrogen) atoms. The number of hydrogen-bond acceptors (Lipinski definition) is 4. The van der Waals surface area contributed by atoms with Crippen LogP contribution >= 0.6 is 0 Å². The van der Waals surface area contributed by atoms with Gasteiger partial charge in [0.2, 0.25) is 11.8 Å². The van der Waals surface area contributed by atoms with E-state index >= 15 is 0 Å². The molecule has 0 spiro atoms. The average molecular weight is 257 g/mol. The molecule has 2 atom stereocenters. The van der Waals surface area contributed by atoms with Gasteiger partial charge in [-0.2, -0.15) is 0 Å². The molecule has 0 bridgehead atoms. The summed E-state index contributed by atoms with van der Waals surface area (Å²) in [6.07, 6.45) is 0.705. The lowest BCUT2D eigenvalue weighted by atomic mass is 10.1. The van der Waals surface area contributed by atoms with Crippen molar-refractivity contribution in [1.29, 1.82) is 0 Å². The monoisotopic (exact) mass is 257 g/mol. The Kier molecular flexibility index (Phi) is 5.55. The minimum atomic E-state index is -0.481. The summed E-state index contributed by atoms with van der Waals surface area (Å²) in [5.41, 5.74) is 5.18. The fourth-order valence-electron chi connectivity index (χ4n) is 2.15. The highest BCUT2D eigenvalue weighted by atomic mass is 16.5. The standard InChI is InChI=1S/C12H23N3O3/c1-8(2)6-15(7-11(13)16)12(17)10-4-9(18-3)5-14-10/h8-10,14H,4-7H2,1-3H3,(H2,13,16). The molecular weight excluding hydrogens is 234 g/mol. The Labute approximate surface area is 108 Å². The number of carbonyl (C=O) groups excluding carboxylic acids is 2. The largest absolute Gasteiger partial charge is 0.380 e. The maximum absolute atomic E-state index is 12.3. The molecule has 2 amide bonds. The summed E-state index contributed by atoms with van der Waals surface area (Å²) < 4.78 is 5.21. The first-order chi connectivity index (χ1) is 8.43. The molecule has 0 aromatic heterocycles. The van der Waals surface area contributed by atoms with Gasteiger partial charge in [-0.25, -0.2) is 0 Å². The maximum Gasteiger partial charge on any atom is 0.240 e. The molecule has 0 saturated carbocycles. The van der Waals surface area contributed by atoms with Crippen molar-refractivity contribution in [3.63, 3.8) is 0 Å². The van der Waals surface area contributed by atoms with E-state index in [4.69, 9.17) is 10.5 Å². The van der Waals surface area contributed by atoms with Gasteiger partial charge in [0, 0.05) is 20.2 Å². The number of rotatable bonds is 6. The first-order valence-corrected chi connectivity index (χ1v) is 6.27. The zero-order chi connectivity index (χ0) is 13.7. The molecule has 1 fully saturated rings. The highest BCUT2D eigenvalue weighted by Gasteiger charge is 2.32. The van der Waals surface area contributed by atoms with Crippen molar-refractivity contribution in [3.05, 3.63) is 0 Å². The lowest BCUT2D eigenvalue weighted by Gasteiger charge is -2.26. The molecule has 0 radical (unpaired) electrons. The number of primary amides is 1. The maximum atomic E-state index is 12.3. The van der Waals surface area contributed by atoms with Gasteiger partial charge in [0.05, 0.1) is 18.7 Å². The second-order valence-electron chi connectivity index (χ2n) is 5.13. The molecule has 104 valence electrons. The molecule has 6 nitrogen and oxygen atoms in total. The summed E-state index contributed by atoms with van der Waals surface area (Å²) in [6.45, 7) is 5.19. The highest BCUT2D eigenvalue weighted by molar-refractivity contribution is 5.87. The van der Waals surface area contributed by atoms with Crippen molar-refractivity contribution in [2.75, 3.05) is 26.7 Å². The SMILES string of the molecule is COC1CNC(C(=O)N(CC(N)=O)CC(C)C)C1. The molecule has 6 heteroatoms. The Morgan fingerprint density at radius 1 is 1.50 bits per heavy atom. The Bertz CT molecular complexity index is 307. The van der Waals surface area contributed by atoms with Crippen LogP contribution in [0.1, 0.15) is 20.3 Å². The lowest BCUT2D eigenvalue weighted by molar-refractivity contribution is -0.137. The smallest absolute Gasteiger partial charge is 0.240 e. The highest BCUT2D eigenvalue weighted by Crippen LogP contribution is 2.13. The minimum Gasteiger partial charge on any atom is -0.380 e. The van der Waals surface area contributed by atoms with Crippen molar-refractivity contribution in [1.82, 2.24) is 10.2 Å². The molecule has 2 unspecified atom stereocenters. The van der Waals surface area contributed by atoms with Gasteiger partial charge in [0.1, 0.15) is 0 Å². The molecule has 0 aromatic rings. The van der Waals surface area contributed by atoms with E-state index in [1.807, 2.05) is 13.8 Å². The fourth-order valence-corrected chi connectivity index (χ4v) is 2.15. The van der Waals surface area contributed by atoms with Gasteiger partial charge in [0.25, 0.3) is 0 Å². The quantitative estimate of drug-likeness (QED) is 0.661. The van der Waals surface area contributed by atoms with Crippen LogP contribution in [0.5, 0.6) is 0 Å². The second kappa shape index (κ2) is 6.70. The minimum absolute atomic E-state index is 0.0210. The molecule has 1 aliphatic rings. The molecule has 0 aliphatic carbocycles. The van der Waals surface area contributed by atoms with Crippen LogP contribution in [0.4, 0.5) is 0 Å². The topological polar surface area (TPSA) is 84.7 Å². The van der Waals surface area contributed by atoms with Crippen LogP contribution in [-0.2, 0) is 14.3 Å². The van der Waals surface area contributed by atoms with E-state index < -0.39 is 5.91 Å². The lowest BCUT2D eigenvalue weighted by Crippen LogP contribution is -2.48. The van der Waals surface area contributed by atoms with Gasteiger partial charge < -0.3 is 20.7 Å². The number of nitrogens with zero attached hydrogens (tertiary/aromatic N) is 1. The normalized spacial score (nSPS) is 23.3. The Morgan fingerprint density at radius 3 is 2.61 bits per heavy atom. The van der Waals surface area contributed by atoms with Crippen molar-refractivity contribution in [2.45, 2.75) is 32.4 Å².